The van der Waals surface area contributed by atoms with Gasteiger partial charge < -0.3 is 10.4 Å². The average molecular weight is 304 g/mol. The van der Waals surface area contributed by atoms with Crippen LogP contribution in [-0.4, -0.2) is 22.0 Å². The van der Waals surface area contributed by atoms with Crippen LogP contribution in [0.25, 0.3) is 5.57 Å². The van der Waals surface area contributed by atoms with E-state index in [1.165, 1.54) is 18.3 Å². The molecule has 3 rings (SSSR count). The van der Waals surface area contributed by atoms with Crippen molar-refractivity contribution < 1.29 is 14.7 Å². The molecule has 0 aromatic carbocycles. The molecule has 110 valence electrons. The molecule has 21 heavy (non-hydrogen) atoms. The topological polar surface area (TPSA) is 79.3 Å². The lowest BCUT2D eigenvalue weighted by Crippen LogP contribution is -2.09. The predicted octanol–water partition coefficient (Wildman–Crippen LogP) is 2.78. The summed E-state index contributed by atoms with van der Waals surface area (Å²) in [4.78, 5) is 26.7. The van der Waals surface area contributed by atoms with Crippen molar-refractivity contribution >= 4 is 33.9 Å². The number of anilines is 1. The van der Waals surface area contributed by atoms with Gasteiger partial charge in [0.25, 0.3) is 0 Å². The molecule has 2 aliphatic carbocycles. The second-order valence-corrected chi connectivity index (χ2v) is 6.41. The molecule has 0 saturated heterocycles. The summed E-state index contributed by atoms with van der Waals surface area (Å²) in [6.07, 6.45) is 8.40. The lowest BCUT2D eigenvalue weighted by atomic mass is 9.91. The Morgan fingerprint density at radius 2 is 2.24 bits per heavy atom. The molecule has 1 aromatic rings. The van der Waals surface area contributed by atoms with Crippen LogP contribution < -0.4 is 5.32 Å². The van der Waals surface area contributed by atoms with Crippen molar-refractivity contribution in [2.75, 3.05) is 5.32 Å². The van der Waals surface area contributed by atoms with E-state index < -0.39 is 5.97 Å². The molecule has 2 N–H and O–H groups in total. The van der Waals surface area contributed by atoms with E-state index in [-0.39, 0.29) is 17.4 Å². The van der Waals surface area contributed by atoms with Crippen molar-refractivity contribution in [3.8, 4) is 0 Å². The maximum absolute atomic E-state index is 11.5. The van der Waals surface area contributed by atoms with Crippen LogP contribution >= 0.6 is 11.3 Å². The first-order chi connectivity index (χ1) is 10.0. The fourth-order valence-corrected chi connectivity index (χ4v) is 3.86. The number of carbonyl (C=O) groups is 2. The summed E-state index contributed by atoms with van der Waals surface area (Å²) in [5, 5.41) is 14.1. The lowest BCUT2D eigenvalue weighted by molar-refractivity contribution is -0.130. The van der Waals surface area contributed by atoms with E-state index in [2.05, 4.69) is 22.5 Å². The monoisotopic (exact) mass is 304 g/mol. The highest BCUT2D eigenvalue weighted by atomic mass is 32.1. The summed E-state index contributed by atoms with van der Waals surface area (Å²) in [7, 11) is 0. The number of carboxylic acid groups (broad SMARTS) is 1. The zero-order valence-electron chi connectivity index (χ0n) is 11.6. The third-order valence-electron chi connectivity index (χ3n) is 4.00. The highest BCUT2D eigenvalue weighted by Gasteiger charge is 2.35. The van der Waals surface area contributed by atoms with E-state index in [1.807, 2.05) is 6.08 Å². The Morgan fingerprint density at radius 3 is 2.81 bits per heavy atom. The van der Waals surface area contributed by atoms with Crippen LogP contribution in [0.1, 0.15) is 25.5 Å². The Labute approximate surface area is 126 Å². The third kappa shape index (κ3) is 2.90. The molecule has 2 aliphatic rings. The highest BCUT2D eigenvalue weighted by Crippen LogP contribution is 2.45. The normalized spacial score (nSPS) is 27.1. The van der Waals surface area contributed by atoms with Crippen LogP contribution in [0.2, 0.25) is 0 Å². The van der Waals surface area contributed by atoms with Gasteiger partial charge >= 0.3 is 5.97 Å². The number of aromatic nitrogens is 1. The molecule has 0 spiro atoms. The second kappa shape index (κ2) is 5.44. The molecule has 1 saturated carbocycles. The Balaban J connectivity index is 1.84. The maximum atomic E-state index is 11.5. The molecular formula is C15H16N2O3S. The first kappa shape index (κ1) is 14.0. The first-order valence-corrected chi connectivity index (χ1v) is 7.78. The van der Waals surface area contributed by atoms with Gasteiger partial charge in [-0.1, -0.05) is 18.2 Å². The van der Waals surface area contributed by atoms with Crippen molar-refractivity contribution in [3.63, 3.8) is 0 Å². The van der Waals surface area contributed by atoms with Gasteiger partial charge in [-0.05, 0) is 30.6 Å². The fraction of sp³-hybridized carbons (Fsp3) is 0.400. The summed E-state index contributed by atoms with van der Waals surface area (Å²) in [5.41, 5.74) is 0.650. The van der Waals surface area contributed by atoms with Crippen molar-refractivity contribution in [1.29, 1.82) is 0 Å². The van der Waals surface area contributed by atoms with Crippen molar-refractivity contribution in [2.24, 2.45) is 17.8 Å². The molecular weight excluding hydrogens is 288 g/mol. The molecule has 6 heteroatoms. The van der Waals surface area contributed by atoms with Crippen molar-refractivity contribution in [2.45, 2.75) is 19.8 Å². The summed E-state index contributed by atoms with van der Waals surface area (Å²) in [5.74, 6) is 0.142. The van der Waals surface area contributed by atoms with Crippen LogP contribution in [0.3, 0.4) is 0 Å². The zero-order chi connectivity index (χ0) is 15.0. The summed E-state index contributed by atoms with van der Waals surface area (Å²) in [6.45, 7) is 1.40. The summed E-state index contributed by atoms with van der Waals surface area (Å²) < 4.78 is 0. The van der Waals surface area contributed by atoms with E-state index in [0.29, 0.717) is 22.7 Å². The molecule has 3 unspecified atom stereocenters. The number of hydrogen-bond donors (Lipinski definition) is 2. The van der Waals surface area contributed by atoms with Crippen LogP contribution in [-0.2, 0) is 9.59 Å². The summed E-state index contributed by atoms with van der Waals surface area (Å²) >= 11 is 1.24. The molecule has 0 radical (unpaired) electrons. The first-order valence-electron chi connectivity index (χ1n) is 6.90. The Kier molecular flexibility index (Phi) is 3.63. The van der Waals surface area contributed by atoms with E-state index in [4.69, 9.17) is 0 Å². The van der Waals surface area contributed by atoms with Crippen LogP contribution in [0.4, 0.5) is 5.13 Å². The molecule has 0 aliphatic heterocycles. The number of carbonyl (C=O) groups excluding carboxylic acids is 1. The molecule has 1 amide bonds. The minimum atomic E-state index is -0.971. The number of amides is 1. The third-order valence-corrected chi connectivity index (χ3v) is 4.76. The van der Waals surface area contributed by atoms with Gasteiger partial charge in [0.2, 0.25) is 5.91 Å². The average Bonchev–Trinajstić information content (AvgIpc) is 3.10. The van der Waals surface area contributed by atoms with E-state index in [1.54, 1.807) is 5.38 Å². The smallest absolute Gasteiger partial charge is 0.337 e. The molecule has 1 fully saturated rings. The van der Waals surface area contributed by atoms with Crippen LogP contribution in [0.15, 0.2) is 23.6 Å². The molecule has 1 aromatic heterocycles. The minimum absolute atomic E-state index is 0.213. The second-order valence-electron chi connectivity index (χ2n) is 5.55. The SMILES string of the molecule is CC(=O)Nc1nc(C(=CC2CC3C=CC2C3)C(=O)O)cs1. The predicted molar refractivity (Wildman–Crippen MR) is 80.9 cm³/mol. The van der Waals surface area contributed by atoms with Gasteiger partial charge in [-0.2, -0.15) is 0 Å². The number of hydrogen-bond acceptors (Lipinski definition) is 4. The number of thiazole rings is 1. The molecule has 5 nitrogen and oxygen atoms in total. The van der Waals surface area contributed by atoms with Crippen LogP contribution in [0, 0.1) is 17.8 Å². The lowest BCUT2D eigenvalue weighted by Gasteiger charge is -2.14. The Morgan fingerprint density at radius 1 is 1.43 bits per heavy atom. The fourth-order valence-electron chi connectivity index (χ4n) is 3.10. The molecule has 3 atom stereocenters. The van der Waals surface area contributed by atoms with Crippen LogP contribution in [0.5, 0.6) is 0 Å². The van der Waals surface area contributed by atoms with Gasteiger partial charge in [0.05, 0.1) is 11.3 Å². The number of nitrogens with one attached hydrogen (secondary N) is 1. The quantitative estimate of drug-likeness (QED) is 0.662. The van der Waals surface area contributed by atoms with Gasteiger partial charge in [0.1, 0.15) is 0 Å². The van der Waals surface area contributed by atoms with Gasteiger partial charge in [-0.15, -0.1) is 11.3 Å². The summed E-state index contributed by atoms with van der Waals surface area (Å²) in [6, 6.07) is 0. The molecule has 1 heterocycles. The van der Waals surface area contributed by atoms with Gasteiger partial charge in [0.15, 0.2) is 5.13 Å². The maximum Gasteiger partial charge on any atom is 0.337 e. The Bertz CT molecular complexity index is 647. The zero-order valence-corrected chi connectivity index (χ0v) is 12.4. The standard InChI is InChI=1S/C15H16N2O3S/c1-8(18)16-15-17-13(7-21-15)12(14(19)20)6-11-5-9-2-3-10(11)4-9/h2-3,6-7,9-11H,4-5H2,1H3,(H,19,20)(H,16,17,18). The number of carboxylic acids is 1. The van der Waals surface area contributed by atoms with Crippen molar-refractivity contribution in [3.05, 3.63) is 29.3 Å². The highest BCUT2D eigenvalue weighted by molar-refractivity contribution is 7.14. The number of fused-ring (bicyclic) bond motifs is 2. The van der Waals surface area contributed by atoms with Gasteiger partial charge in [0, 0.05) is 12.3 Å². The Hall–Kier alpha value is -1.95. The number of nitrogens with zero attached hydrogens (tertiary/aromatic N) is 1. The number of rotatable bonds is 4. The van der Waals surface area contributed by atoms with E-state index in [0.717, 1.165) is 12.8 Å². The van der Waals surface area contributed by atoms with E-state index >= 15 is 0 Å². The van der Waals surface area contributed by atoms with Gasteiger partial charge in [-0.25, -0.2) is 9.78 Å². The van der Waals surface area contributed by atoms with E-state index in [9.17, 15) is 14.7 Å². The number of aliphatic carboxylic acids is 1. The largest absolute Gasteiger partial charge is 0.478 e. The van der Waals surface area contributed by atoms with Crippen molar-refractivity contribution in [1.82, 2.24) is 4.98 Å². The van der Waals surface area contributed by atoms with Gasteiger partial charge in [-0.3, -0.25) is 4.79 Å². The number of allylic oxidation sites excluding steroid dienone is 3. The minimum Gasteiger partial charge on any atom is -0.478 e. The molecule has 2 bridgehead atoms.